The van der Waals surface area contributed by atoms with E-state index >= 15 is 0 Å². The molecule has 1 saturated heterocycles. The highest BCUT2D eigenvalue weighted by molar-refractivity contribution is 5.80. The van der Waals surface area contributed by atoms with Crippen molar-refractivity contribution in [3.63, 3.8) is 0 Å². The van der Waals surface area contributed by atoms with Crippen molar-refractivity contribution in [3.05, 3.63) is 35.9 Å². The molecule has 1 aromatic rings. The molecule has 0 bridgehead atoms. The van der Waals surface area contributed by atoms with Crippen LogP contribution in [0.15, 0.2) is 30.3 Å². The fourth-order valence-corrected chi connectivity index (χ4v) is 2.24. The number of amides is 1. The van der Waals surface area contributed by atoms with E-state index < -0.39 is 0 Å². The summed E-state index contributed by atoms with van der Waals surface area (Å²) in [4.78, 5) is 11.6. The first-order valence-electron chi connectivity index (χ1n) is 5.35. The van der Waals surface area contributed by atoms with Gasteiger partial charge < -0.3 is 11.1 Å². The Bertz CT molecular complexity index is 337. The maximum absolute atomic E-state index is 11.6. The topological polar surface area (TPSA) is 55.1 Å². The molecule has 1 aliphatic rings. The number of piperidine rings is 1. The molecule has 0 radical (unpaired) electrons. The molecule has 3 heteroatoms. The third-order valence-electron chi connectivity index (χ3n) is 3.06. The van der Waals surface area contributed by atoms with Crippen LogP contribution in [-0.4, -0.2) is 19.0 Å². The summed E-state index contributed by atoms with van der Waals surface area (Å²) in [6, 6.07) is 10.2. The van der Waals surface area contributed by atoms with Gasteiger partial charge in [0, 0.05) is 13.1 Å². The summed E-state index contributed by atoms with van der Waals surface area (Å²) in [5.41, 5.74) is 6.89. The Labute approximate surface area is 89.7 Å². The standard InChI is InChI=1S/C12H16N2O/c13-8-11-10(6-7-14-12(11)15)9-4-2-1-3-5-9/h1-5,10-11H,6-8,13H2,(H,14,15)/t10-,11-/m0/s1. The van der Waals surface area contributed by atoms with E-state index in [2.05, 4.69) is 17.4 Å². The monoisotopic (exact) mass is 204 g/mol. The van der Waals surface area contributed by atoms with E-state index in [1.807, 2.05) is 18.2 Å². The summed E-state index contributed by atoms with van der Waals surface area (Å²) in [6.45, 7) is 1.18. The molecule has 0 aliphatic carbocycles. The lowest BCUT2D eigenvalue weighted by Gasteiger charge is -2.30. The molecule has 1 fully saturated rings. The quantitative estimate of drug-likeness (QED) is 0.751. The molecule has 2 atom stereocenters. The molecular formula is C12H16N2O. The molecule has 0 saturated carbocycles. The highest BCUT2D eigenvalue weighted by Crippen LogP contribution is 2.29. The predicted molar refractivity (Wildman–Crippen MR) is 59.4 cm³/mol. The number of hydrogen-bond acceptors (Lipinski definition) is 2. The maximum Gasteiger partial charge on any atom is 0.225 e. The fraction of sp³-hybridized carbons (Fsp3) is 0.417. The number of carbonyl (C=O) groups excluding carboxylic acids is 1. The maximum atomic E-state index is 11.6. The van der Waals surface area contributed by atoms with Crippen molar-refractivity contribution >= 4 is 5.91 Å². The van der Waals surface area contributed by atoms with Gasteiger partial charge in [-0.1, -0.05) is 30.3 Å². The van der Waals surface area contributed by atoms with Crippen LogP contribution in [0.3, 0.4) is 0 Å². The molecule has 0 aromatic heterocycles. The molecule has 2 rings (SSSR count). The smallest absolute Gasteiger partial charge is 0.225 e. The Morgan fingerprint density at radius 1 is 1.33 bits per heavy atom. The summed E-state index contributed by atoms with van der Waals surface area (Å²) >= 11 is 0. The summed E-state index contributed by atoms with van der Waals surface area (Å²) in [5.74, 6) is 0.309. The van der Waals surface area contributed by atoms with Crippen LogP contribution in [0.25, 0.3) is 0 Å². The van der Waals surface area contributed by atoms with Crippen molar-refractivity contribution in [2.45, 2.75) is 12.3 Å². The van der Waals surface area contributed by atoms with E-state index in [1.54, 1.807) is 0 Å². The molecule has 0 unspecified atom stereocenters. The van der Waals surface area contributed by atoms with Crippen molar-refractivity contribution in [2.75, 3.05) is 13.1 Å². The Morgan fingerprint density at radius 3 is 2.73 bits per heavy atom. The van der Waals surface area contributed by atoms with E-state index in [1.165, 1.54) is 5.56 Å². The van der Waals surface area contributed by atoms with Crippen LogP contribution in [0.5, 0.6) is 0 Å². The van der Waals surface area contributed by atoms with Crippen LogP contribution in [0.4, 0.5) is 0 Å². The average molecular weight is 204 g/mol. The Kier molecular flexibility index (Phi) is 3.02. The van der Waals surface area contributed by atoms with Gasteiger partial charge >= 0.3 is 0 Å². The third kappa shape index (κ3) is 2.02. The fourth-order valence-electron chi connectivity index (χ4n) is 2.24. The third-order valence-corrected chi connectivity index (χ3v) is 3.06. The molecule has 0 spiro atoms. The van der Waals surface area contributed by atoms with Gasteiger partial charge in [0.05, 0.1) is 5.92 Å². The van der Waals surface area contributed by atoms with Gasteiger partial charge in [0.1, 0.15) is 0 Å². The zero-order chi connectivity index (χ0) is 10.7. The lowest BCUT2D eigenvalue weighted by atomic mass is 9.81. The molecule has 1 aliphatic heterocycles. The van der Waals surface area contributed by atoms with Gasteiger partial charge in [-0.2, -0.15) is 0 Å². The Hall–Kier alpha value is -1.35. The van der Waals surface area contributed by atoms with Crippen LogP contribution < -0.4 is 11.1 Å². The molecule has 1 aromatic carbocycles. The first-order valence-corrected chi connectivity index (χ1v) is 5.35. The van der Waals surface area contributed by atoms with E-state index in [4.69, 9.17) is 5.73 Å². The largest absolute Gasteiger partial charge is 0.356 e. The van der Waals surface area contributed by atoms with Gasteiger partial charge in [-0.3, -0.25) is 4.79 Å². The molecule has 80 valence electrons. The minimum absolute atomic E-state index is 0.0684. The highest BCUT2D eigenvalue weighted by Gasteiger charge is 2.31. The lowest BCUT2D eigenvalue weighted by Crippen LogP contribution is -2.44. The Balaban J connectivity index is 2.23. The van der Waals surface area contributed by atoms with Gasteiger partial charge in [-0.15, -0.1) is 0 Å². The average Bonchev–Trinajstić information content (AvgIpc) is 2.30. The van der Waals surface area contributed by atoms with E-state index in [-0.39, 0.29) is 17.7 Å². The number of rotatable bonds is 2. The number of benzene rings is 1. The van der Waals surface area contributed by atoms with Gasteiger partial charge in [-0.25, -0.2) is 0 Å². The van der Waals surface area contributed by atoms with Crippen LogP contribution in [0, 0.1) is 5.92 Å². The second kappa shape index (κ2) is 4.45. The van der Waals surface area contributed by atoms with E-state index in [9.17, 15) is 4.79 Å². The van der Waals surface area contributed by atoms with Crippen LogP contribution >= 0.6 is 0 Å². The summed E-state index contributed by atoms with van der Waals surface area (Å²) in [6.07, 6.45) is 0.984. The normalized spacial score (nSPS) is 26.1. The van der Waals surface area contributed by atoms with E-state index in [0.717, 1.165) is 13.0 Å². The van der Waals surface area contributed by atoms with Crippen molar-refractivity contribution in [1.29, 1.82) is 0 Å². The van der Waals surface area contributed by atoms with Gasteiger partial charge in [0.25, 0.3) is 0 Å². The van der Waals surface area contributed by atoms with Crippen LogP contribution in [0.1, 0.15) is 17.9 Å². The summed E-state index contributed by atoms with van der Waals surface area (Å²) < 4.78 is 0. The molecule has 3 nitrogen and oxygen atoms in total. The predicted octanol–water partition coefficient (Wildman–Crippen LogP) is 0.865. The second-order valence-electron chi connectivity index (χ2n) is 3.94. The van der Waals surface area contributed by atoms with Crippen LogP contribution in [0.2, 0.25) is 0 Å². The Morgan fingerprint density at radius 2 is 2.07 bits per heavy atom. The SMILES string of the molecule is NC[C@@H]1C(=O)NCC[C@H]1c1ccccc1. The van der Waals surface area contributed by atoms with Gasteiger partial charge in [0.2, 0.25) is 5.91 Å². The van der Waals surface area contributed by atoms with E-state index in [0.29, 0.717) is 6.54 Å². The highest BCUT2D eigenvalue weighted by atomic mass is 16.1. The van der Waals surface area contributed by atoms with Crippen molar-refractivity contribution in [3.8, 4) is 0 Å². The second-order valence-corrected chi connectivity index (χ2v) is 3.94. The molecule has 15 heavy (non-hydrogen) atoms. The number of carbonyl (C=O) groups is 1. The zero-order valence-corrected chi connectivity index (χ0v) is 8.65. The molecule has 1 heterocycles. The van der Waals surface area contributed by atoms with Crippen LogP contribution in [-0.2, 0) is 4.79 Å². The van der Waals surface area contributed by atoms with Gasteiger partial charge in [-0.05, 0) is 17.9 Å². The van der Waals surface area contributed by atoms with Crippen molar-refractivity contribution in [2.24, 2.45) is 11.7 Å². The first-order chi connectivity index (χ1) is 7.33. The zero-order valence-electron chi connectivity index (χ0n) is 8.65. The molecular weight excluding hydrogens is 188 g/mol. The van der Waals surface area contributed by atoms with Crippen molar-refractivity contribution in [1.82, 2.24) is 5.32 Å². The molecule has 3 N–H and O–H groups in total. The summed E-state index contributed by atoms with van der Waals surface area (Å²) in [7, 11) is 0. The lowest BCUT2D eigenvalue weighted by molar-refractivity contribution is -0.127. The summed E-state index contributed by atoms with van der Waals surface area (Å²) in [5, 5.41) is 2.86. The van der Waals surface area contributed by atoms with Gasteiger partial charge in [0.15, 0.2) is 0 Å². The number of hydrogen-bond donors (Lipinski definition) is 2. The minimum Gasteiger partial charge on any atom is -0.356 e. The van der Waals surface area contributed by atoms with Crippen molar-refractivity contribution < 1.29 is 4.79 Å². The first kappa shape index (κ1) is 10.2. The number of nitrogens with two attached hydrogens (primary N) is 1. The number of nitrogens with one attached hydrogen (secondary N) is 1. The molecule has 1 amide bonds. The minimum atomic E-state index is -0.0684.